The maximum absolute atomic E-state index is 11.4. The zero-order valence-electron chi connectivity index (χ0n) is 7.56. The van der Waals surface area contributed by atoms with Crippen molar-refractivity contribution in [2.45, 2.75) is 13.3 Å². The summed E-state index contributed by atoms with van der Waals surface area (Å²) in [5.74, 6) is 0.0223. The largest absolute Gasteiger partial charge is 0.381 e. The van der Waals surface area contributed by atoms with Crippen LogP contribution in [0, 0.1) is 0 Å². The monoisotopic (exact) mass is 180 g/mol. The molecule has 0 saturated carbocycles. The van der Waals surface area contributed by atoms with Crippen LogP contribution in [0.3, 0.4) is 0 Å². The van der Waals surface area contributed by atoms with E-state index in [1.807, 2.05) is 6.92 Å². The average Bonchev–Trinajstić information content (AvgIpc) is 2.19. The summed E-state index contributed by atoms with van der Waals surface area (Å²) in [4.78, 5) is 18.9. The molecular weight excluding hydrogens is 168 g/mol. The second-order valence-electron chi connectivity index (χ2n) is 2.50. The molecule has 0 atom stereocenters. The summed E-state index contributed by atoms with van der Waals surface area (Å²) in [7, 11) is 0. The lowest BCUT2D eigenvalue weighted by Crippen LogP contribution is -2.05. The van der Waals surface area contributed by atoms with Gasteiger partial charge < -0.3 is 4.74 Å². The van der Waals surface area contributed by atoms with E-state index in [9.17, 15) is 4.79 Å². The Kier molecular flexibility index (Phi) is 4.05. The second kappa shape index (κ2) is 5.37. The van der Waals surface area contributed by atoms with Gasteiger partial charge in [-0.15, -0.1) is 0 Å². The van der Waals surface area contributed by atoms with E-state index in [4.69, 9.17) is 4.74 Å². The Morgan fingerprint density at radius 1 is 1.46 bits per heavy atom. The molecule has 0 unspecified atom stereocenters. The van der Waals surface area contributed by atoms with Gasteiger partial charge in [0.15, 0.2) is 5.78 Å². The van der Waals surface area contributed by atoms with Gasteiger partial charge in [-0.25, -0.2) is 9.97 Å². The van der Waals surface area contributed by atoms with Crippen LogP contribution in [0.4, 0.5) is 0 Å². The molecule has 0 aliphatic heterocycles. The molecule has 0 aromatic carbocycles. The van der Waals surface area contributed by atoms with E-state index < -0.39 is 0 Å². The Morgan fingerprint density at radius 3 is 2.77 bits per heavy atom. The van der Waals surface area contributed by atoms with Crippen molar-refractivity contribution in [3.8, 4) is 0 Å². The number of carbonyl (C=O) groups excluding carboxylic acids is 1. The fourth-order valence-corrected chi connectivity index (χ4v) is 0.897. The van der Waals surface area contributed by atoms with Gasteiger partial charge in [-0.1, -0.05) is 0 Å². The van der Waals surface area contributed by atoms with Crippen LogP contribution < -0.4 is 0 Å². The number of aromatic nitrogens is 2. The Hall–Kier alpha value is -1.29. The Bertz CT molecular complexity index is 262. The maximum Gasteiger partial charge on any atom is 0.168 e. The third kappa shape index (κ3) is 3.29. The van der Waals surface area contributed by atoms with Crippen molar-refractivity contribution in [2.24, 2.45) is 0 Å². The summed E-state index contributed by atoms with van der Waals surface area (Å²) < 4.78 is 5.06. The van der Waals surface area contributed by atoms with Gasteiger partial charge in [0.25, 0.3) is 0 Å². The fraction of sp³-hybridized carbons (Fsp3) is 0.444. The lowest BCUT2D eigenvalue weighted by atomic mass is 10.2. The molecule has 1 aromatic heterocycles. The van der Waals surface area contributed by atoms with Crippen molar-refractivity contribution < 1.29 is 9.53 Å². The van der Waals surface area contributed by atoms with Crippen molar-refractivity contribution in [3.63, 3.8) is 0 Å². The predicted octanol–water partition coefficient (Wildman–Crippen LogP) is 1.09. The van der Waals surface area contributed by atoms with Crippen LogP contribution in [0.5, 0.6) is 0 Å². The van der Waals surface area contributed by atoms with Gasteiger partial charge in [0.05, 0.1) is 12.2 Å². The molecule has 13 heavy (non-hydrogen) atoms. The number of hydrogen-bond donors (Lipinski definition) is 0. The first-order valence-corrected chi connectivity index (χ1v) is 4.20. The molecule has 0 spiro atoms. The summed E-state index contributed by atoms with van der Waals surface area (Å²) in [5.41, 5.74) is 0.544. The van der Waals surface area contributed by atoms with Gasteiger partial charge in [0, 0.05) is 25.4 Å². The second-order valence-corrected chi connectivity index (χ2v) is 2.50. The van der Waals surface area contributed by atoms with E-state index >= 15 is 0 Å². The van der Waals surface area contributed by atoms with Crippen molar-refractivity contribution in [2.75, 3.05) is 13.2 Å². The van der Waals surface area contributed by atoms with Crippen LogP contribution in [0.15, 0.2) is 18.7 Å². The Labute approximate surface area is 77.0 Å². The average molecular weight is 180 g/mol. The highest BCUT2D eigenvalue weighted by molar-refractivity contribution is 5.95. The Balaban J connectivity index is 2.40. The minimum absolute atomic E-state index is 0.0223. The molecule has 0 aliphatic rings. The highest BCUT2D eigenvalue weighted by Gasteiger charge is 2.04. The molecule has 4 heteroatoms. The van der Waals surface area contributed by atoms with Gasteiger partial charge in [-0.3, -0.25) is 4.79 Å². The summed E-state index contributed by atoms with van der Waals surface area (Å²) >= 11 is 0. The molecule has 4 nitrogen and oxygen atoms in total. The number of Topliss-reactive ketones (excluding diaryl/α,β-unsaturated/α-hetero) is 1. The molecule has 0 saturated heterocycles. The number of ketones is 1. The maximum atomic E-state index is 11.4. The van der Waals surface area contributed by atoms with Crippen molar-refractivity contribution >= 4 is 5.78 Å². The van der Waals surface area contributed by atoms with Gasteiger partial charge in [0.2, 0.25) is 0 Å². The van der Waals surface area contributed by atoms with Crippen LogP contribution in [0.1, 0.15) is 23.7 Å². The van der Waals surface area contributed by atoms with Crippen molar-refractivity contribution in [1.82, 2.24) is 9.97 Å². The van der Waals surface area contributed by atoms with Gasteiger partial charge in [-0.2, -0.15) is 0 Å². The molecule has 1 rings (SSSR count). The minimum Gasteiger partial charge on any atom is -0.381 e. The molecule has 70 valence electrons. The minimum atomic E-state index is 0.0223. The third-order valence-electron chi connectivity index (χ3n) is 1.56. The zero-order valence-corrected chi connectivity index (χ0v) is 7.56. The number of rotatable bonds is 5. The molecule has 0 fully saturated rings. The summed E-state index contributed by atoms with van der Waals surface area (Å²) in [5, 5.41) is 0. The third-order valence-corrected chi connectivity index (χ3v) is 1.56. The summed E-state index contributed by atoms with van der Waals surface area (Å²) in [6.45, 7) is 3.00. The normalized spacial score (nSPS) is 9.92. The molecule has 0 aliphatic carbocycles. The number of carbonyl (C=O) groups is 1. The summed E-state index contributed by atoms with van der Waals surface area (Å²) in [6, 6.07) is 0. The Morgan fingerprint density at radius 2 is 2.15 bits per heavy atom. The van der Waals surface area contributed by atoms with E-state index in [2.05, 4.69) is 9.97 Å². The van der Waals surface area contributed by atoms with E-state index in [0.717, 1.165) is 0 Å². The van der Waals surface area contributed by atoms with Crippen LogP contribution in [-0.4, -0.2) is 29.0 Å². The predicted molar refractivity (Wildman–Crippen MR) is 47.5 cm³/mol. The molecule has 0 amide bonds. The van der Waals surface area contributed by atoms with Gasteiger partial charge >= 0.3 is 0 Å². The van der Waals surface area contributed by atoms with Crippen molar-refractivity contribution in [3.05, 3.63) is 24.3 Å². The standard InChI is InChI=1S/C9H12N2O2/c1-2-13-4-3-9(12)8-5-10-7-11-6-8/h5-7H,2-4H2,1H3. The molecule has 0 N–H and O–H groups in total. The first-order chi connectivity index (χ1) is 6.34. The van der Waals surface area contributed by atoms with E-state index in [0.29, 0.717) is 25.2 Å². The van der Waals surface area contributed by atoms with Crippen LogP contribution in [-0.2, 0) is 4.74 Å². The zero-order chi connectivity index (χ0) is 9.52. The van der Waals surface area contributed by atoms with Crippen LogP contribution in [0.25, 0.3) is 0 Å². The van der Waals surface area contributed by atoms with Crippen LogP contribution in [0.2, 0.25) is 0 Å². The first-order valence-electron chi connectivity index (χ1n) is 4.20. The smallest absolute Gasteiger partial charge is 0.168 e. The highest BCUT2D eigenvalue weighted by Crippen LogP contribution is 1.99. The molecule has 1 aromatic rings. The lowest BCUT2D eigenvalue weighted by Gasteiger charge is -1.99. The highest BCUT2D eigenvalue weighted by atomic mass is 16.5. The first kappa shape index (κ1) is 9.80. The van der Waals surface area contributed by atoms with E-state index in [1.165, 1.54) is 18.7 Å². The SMILES string of the molecule is CCOCCC(=O)c1cncnc1. The van der Waals surface area contributed by atoms with Gasteiger partial charge in [0.1, 0.15) is 6.33 Å². The molecular formula is C9H12N2O2. The number of hydrogen-bond acceptors (Lipinski definition) is 4. The number of ether oxygens (including phenoxy) is 1. The quantitative estimate of drug-likeness (QED) is 0.502. The molecule has 0 radical (unpaired) electrons. The summed E-state index contributed by atoms with van der Waals surface area (Å²) in [6.07, 6.45) is 4.82. The topological polar surface area (TPSA) is 52.1 Å². The molecule has 0 bridgehead atoms. The number of nitrogens with zero attached hydrogens (tertiary/aromatic N) is 2. The van der Waals surface area contributed by atoms with Gasteiger partial charge in [-0.05, 0) is 6.92 Å². The van der Waals surface area contributed by atoms with Crippen LogP contribution >= 0.6 is 0 Å². The van der Waals surface area contributed by atoms with E-state index in [-0.39, 0.29) is 5.78 Å². The lowest BCUT2D eigenvalue weighted by molar-refractivity contribution is 0.0895. The fourth-order valence-electron chi connectivity index (χ4n) is 0.897. The van der Waals surface area contributed by atoms with Crippen molar-refractivity contribution in [1.29, 1.82) is 0 Å². The van der Waals surface area contributed by atoms with E-state index in [1.54, 1.807) is 0 Å². The molecule has 1 heterocycles.